The van der Waals surface area contributed by atoms with Crippen LogP contribution in [0.5, 0.6) is 5.75 Å². The first-order valence-corrected chi connectivity index (χ1v) is 10.7. The number of aromatic nitrogens is 2. The molecule has 9 heteroatoms. The number of hydrogen-bond acceptors (Lipinski definition) is 5. The number of aryl methyl sites for hydroxylation is 1. The lowest BCUT2D eigenvalue weighted by molar-refractivity contribution is -0.117. The molecule has 0 bridgehead atoms. The standard InChI is InChI=1S/C25H27FN4O2.2H2S/c1-15(13-22-27-16(2)23-24(28-22)30(4)17(3)25(31)29-23)19-7-11-21(12-8-19)32-14-18-5-9-20(26)10-6-18;;/h5-12,15,17H,13-14H2,1-4H3,(H,29,31);2*1H2/t15-,17+;;/m1../s1. The number of rotatable bonds is 6. The number of carbonyl (C=O) groups is 1. The van der Waals surface area contributed by atoms with Gasteiger partial charge < -0.3 is 15.0 Å². The highest BCUT2D eigenvalue weighted by Crippen LogP contribution is 2.32. The molecule has 34 heavy (non-hydrogen) atoms. The normalized spacial score (nSPS) is 15.4. The molecule has 0 saturated carbocycles. The maximum atomic E-state index is 13.0. The Bertz CT molecular complexity index is 1130. The monoisotopic (exact) mass is 502 g/mol. The average Bonchev–Trinajstić information content (AvgIpc) is 2.78. The van der Waals surface area contributed by atoms with Crippen molar-refractivity contribution in [2.75, 3.05) is 17.3 Å². The number of likely N-dealkylation sites (N-methyl/N-ethyl adjacent to an activating group) is 1. The number of anilines is 2. The summed E-state index contributed by atoms with van der Waals surface area (Å²) in [7, 11) is 1.88. The van der Waals surface area contributed by atoms with E-state index in [4.69, 9.17) is 9.72 Å². The molecule has 2 atom stereocenters. The Balaban J connectivity index is 0.00000204. The van der Waals surface area contributed by atoms with Gasteiger partial charge in [-0.3, -0.25) is 4.79 Å². The van der Waals surface area contributed by atoms with Gasteiger partial charge in [-0.05, 0) is 55.2 Å². The number of amides is 1. The highest BCUT2D eigenvalue weighted by atomic mass is 32.1. The summed E-state index contributed by atoms with van der Waals surface area (Å²) >= 11 is 0. The summed E-state index contributed by atoms with van der Waals surface area (Å²) in [6, 6.07) is 14.0. The number of fused-ring (bicyclic) bond motifs is 1. The average molecular weight is 503 g/mol. The van der Waals surface area contributed by atoms with Crippen LogP contribution in [0, 0.1) is 12.7 Å². The first-order chi connectivity index (χ1) is 15.3. The third-order valence-electron chi connectivity index (χ3n) is 5.92. The zero-order chi connectivity index (χ0) is 22.8. The van der Waals surface area contributed by atoms with Crippen LogP contribution in [0.15, 0.2) is 48.5 Å². The molecule has 3 aromatic rings. The van der Waals surface area contributed by atoms with Crippen molar-refractivity contribution in [3.8, 4) is 5.75 Å². The molecule has 1 amide bonds. The van der Waals surface area contributed by atoms with Gasteiger partial charge in [-0.25, -0.2) is 14.4 Å². The van der Waals surface area contributed by atoms with Crippen molar-refractivity contribution in [2.45, 2.75) is 45.8 Å². The van der Waals surface area contributed by atoms with E-state index >= 15 is 0 Å². The summed E-state index contributed by atoms with van der Waals surface area (Å²) < 4.78 is 18.8. The number of nitrogens with one attached hydrogen (secondary N) is 1. The van der Waals surface area contributed by atoms with Crippen molar-refractivity contribution in [3.63, 3.8) is 0 Å². The summed E-state index contributed by atoms with van der Waals surface area (Å²) in [5, 5.41) is 2.92. The van der Waals surface area contributed by atoms with Gasteiger partial charge in [0.15, 0.2) is 5.82 Å². The molecular weight excluding hydrogens is 471 g/mol. The fourth-order valence-electron chi connectivity index (χ4n) is 3.73. The quantitative estimate of drug-likeness (QED) is 0.522. The zero-order valence-electron chi connectivity index (χ0n) is 19.7. The smallest absolute Gasteiger partial charge is 0.246 e. The van der Waals surface area contributed by atoms with Crippen LogP contribution in [-0.4, -0.2) is 29.0 Å². The lowest BCUT2D eigenvalue weighted by atomic mass is 9.97. The Morgan fingerprint density at radius 2 is 1.74 bits per heavy atom. The van der Waals surface area contributed by atoms with Gasteiger partial charge in [0.1, 0.15) is 35.7 Å². The van der Waals surface area contributed by atoms with Crippen LogP contribution in [0.2, 0.25) is 0 Å². The zero-order valence-corrected chi connectivity index (χ0v) is 21.7. The van der Waals surface area contributed by atoms with Crippen molar-refractivity contribution in [1.82, 2.24) is 9.97 Å². The molecule has 4 rings (SSSR count). The van der Waals surface area contributed by atoms with E-state index in [1.165, 1.54) is 12.1 Å². The molecule has 6 nitrogen and oxygen atoms in total. The molecule has 0 saturated heterocycles. The van der Waals surface area contributed by atoms with E-state index in [0.717, 1.165) is 34.2 Å². The second kappa shape index (κ2) is 11.6. The Kier molecular flexibility index (Phi) is 9.35. The van der Waals surface area contributed by atoms with Gasteiger partial charge >= 0.3 is 0 Å². The third-order valence-corrected chi connectivity index (χ3v) is 5.92. The first-order valence-electron chi connectivity index (χ1n) is 10.7. The molecule has 182 valence electrons. The predicted molar refractivity (Wildman–Crippen MR) is 143 cm³/mol. The maximum absolute atomic E-state index is 13.0. The minimum atomic E-state index is -0.274. The minimum Gasteiger partial charge on any atom is -0.489 e. The Morgan fingerprint density at radius 1 is 1.09 bits per heavy atom. The van der Waals surface area contributed by atoms with Crippen LogP contribution in [0.3, 0.4) is 0 Å². The van der Waals surface area contributed by atoms with Crippen LogP contribution in [-0.2, 0) is 17.8 Å². The van der Waals surface area contributed by atoms with Crippen LogP contribution in [0.4, 0.5) is 15.9 Å². The number of ether oxygens (including phenoxy) is 1. The maximum Gasteiger partial charge on any atom is 0.246 e. The van der Waals surface area contributed by atoms with E-state index in [2.05, 4.69) is 17.2 Å². The summed E-state index contributed by atoms with van der Waals surface area (Å²) in [5.74, 6) is 2.18. The minimum absolute atomic E-state index is 0. The number of benzene rings is 2. The summed E-state index contributed by atoms with van der Waals surface area (Å²) in [6.07, 6.45) is 0.681. The van der Waals surface area contributed by atoms with Crippen LogP contribution < -0.4 is 15.0 Å². The van der Waals surface area contributed by atoms with Gasteiger partial charge in [-0.2, -0.15) is 27.0 Å². The molecule has 1 aromatic heterocycles. The molecule has 2 aromatic carbocycles. The van der Waals surface area contributed by atoms with E-state index in [-0.39, 0.29) is 50.7 Å². The lowest BCUT2D eigenvalue weighted by Crippen LogP contribution is -2.45. The SMILES string of the molecule is Cc1nc(C[C@@H](C)c2ccc(OCc3ccc(F)cc3)cc2)nc2c1NC(=O)[C@H](C)N2C.S.S. The molecule has 0 radical (unpaired) electrons. The highest BCUT2D eigenvalue weighted by Gasteiger charge is 2.30. The summed E-state index contributed by atoms with van der Waals surface area (Å²) in [4.78, 5) is 23.4. The summed E-state index contributed by atoms with van der Waals surface area (Å²) in [6.45, 7) is 6.28. The third kappa shape index (κ3) is 6.01. The Morgan fingerprint density at radius 3 is 2.38 bits per heavy atom. The molecule has 1 N–H and O–H groups in total. The van der Waals surface area contributed by atoms with E-state index in [9.17, 15) is 9.18 Å². The van der Waals surface area contributed by atoms with Crippen LogP contribution >= 0.6 is 27.0 Å². The van der Waals surface area contributed by atoms with Crippen LogP contribution in [0.25, 0.3) is 0 Å². The van der Waals surface area contributed by atoms with Crippen molar-refractivity contribution < 1.29 is 13.9 Å². The molecule has 0 unspecified atom stereocenters. The van der Waals surface area contributed by atoms with Gasteiger partial charge in [-0.1, -0.05) is 31.2 Å². The number of nitrogens with zero attached hydrogens (tertiary/aromatic N) is 3. The van der Waals surface area contributed by atoms with Gasteiger partial charge in [0.2, 0.25) is 5.91 Å². The molecule has 1 aliphatic heterocycles. The molecule has 0 aliphatic carbocycles. The number of carbonyl (C=O) groups excluding carboxylic acids is 1. The van der Waals surface area contributed by atoms with E-state index in [1.54, 1.807) is 12.1 Å². The van der Waals surface area contributed by atoms with Gasteiger partial charge in [-0.15, -0.1) is 0 Å². The first kappa shape index (κ1) is 27.5. The van der Waals surface area contributed by atoms with E-state index in [0.29, 0.717) is 18.7 Å². The lowest BCUT2D eigenvalue weighted by Gasteiger charge is -2.32. The molecule has 0 fully saturated rings. The van der Waals surface area contributed by atoms with Gasteiger partial charge in [0, 0.05) is 13.5 Å². The fourth-order valence-corrected chi connectivity index (χ4v) is 3.73. The largest absolute Gasteiger partial charge is 0.489 e. The van der Waals surface area contributed by atoms with Crippen molar-refractivity contribution in [2.24, 2.45) is 0 Å². The second-order valence-corrected chi connectivity index (χ2v) is 8.29. The molecular formula is C25H31FN4O2S2. The van der Waals surface area contributed by atoms with Gasteiger partial charge in [0.05, 0.1) is 5.69 Å². The topological polar surface area (TPSA) is 67.4 Å². The van der Waals surface area contributed by atoms with E-state index in [1.807, 2.05) is 50.1 Å². The Hall–Kier alpha value is -2.78. The fraction of sp³-hybridized carbons (Fsp3) is 0.320. The molecule has 2 heterocycles. The molecule has 0 spiro atoms. The van der Waals surface area contributed by atoms with Crippen LogP contribution in [0.1, 0.15) is 42.4 Å². The summed E-state index contributed by atoms with van der Waals surface area (Å²) in [5.41, 5.74) is 3.54. The van der Waals surface area contributed by atoms with Gasteiger partial charge in [0.25, 0.3) is 0 Å². The van der Waals surface area contributed by atoms with Crippen molar-refractivity contribution in [3.05, 3.63) is 77.0 Å². The Labute approximate surface area is 213 Å². The second-order valence-electron chi connectivity index (χ2n) is 8.29. The van der Waals surface area contributed by atoms with Crippen molar-refractivity contribution >= 4 is 44.4 Å². The molecule has 1 aliphatic rings. The van der Waals surface area contributed by atoms with E-state index < -0.39 is 0 Å². The predicted octanol–water partition coefficient (Wildman–Crippen LogP) is 4.85. The van der Waals surface area contributed by atoms with Crippen molar-refractivity contribution in [1.29, 1.82) is 0 Å². The highest BCUT2D eigenvalue weighted by molar-refractivity contribution is 7.59. The number of halogens is 1. The number of hydrogen-bond donors (Lipinski definition) is 1.